The zero-order valence-electron chi connectivity index (χ0n) is 17.2. The predicted molar refractivity (Wildman–Crippen MR) is 108 cm³/mol. The van der Waals surface area contributed by atoms with E-state index in [1.165, 1.54) is 0 Å². The largest absolute Gasteiger partial charge is 0.491 e. The minimum absolute atomic E-state index is 0.00752. The molecule has 2 rings (SSSR count). The van der Waals surface area contributed by atoms with E-state index in [4.69, 9.17) is 9.84 Å². The number of aliphatic hydroxyl groups excluding tert-OH is 2. The van der Waals surface area contributed by atoms with Crippen LogP contribution < -0.4 is 10.1 Å². The van der Waals surface area contributed by atoms with Crippen molar-refractivity contribution in [3.8, 4) is 5.75 Å². The number of para-hydroxylation sites is 1. The van der Waals surface area contributed by atoms with Crippen LogP contribution in [0, 0.1) is 17.8 Å². The molecule has 1 amide bonds. The summed E-state index contributed by atoms with van der Waals surface area (Å²) in [6.45, 7) is 6.26. The van der Waals surface area contributed by atoms with Crippen LogP contribution in [0.15, 0.2) is 24.3 Å². The second-order valence-corrected chi connectivity index (χ2v) is 8.42. The Morgan fingerprint density at radius 1 is 1.32 bits per heavy atom. The Kier molecular flexibility index (Phi) is 8.28. The van der Waals surface area contributed by atoms with Crippen LogP contribution in [0.1, 0.15) is 45.6 Å². The molecule has 1 aromatic carbocycles. The van der Waals surface area contributed by atoms with Gasteiger partial charge in [0.15, 0.2) is 0 Å². The standard InChI is InChI=1S/C22H35NO5/c1-15(2)19-9-8-16(3)12-22(19,27)21(26)23-11-10-17-6-4-5-7-20(17)28-14-18(25)13-24/h4-7,15-16,18-19,24-25,27H,8-14H2,1-3H3,(H,23,26)/t16-,18+,19+,22+/m1/s1. The van der Waals surface area contributed by atoms with Crippen molar-refractivity contribution >= 4 is 5.91 Å². The molecule has 1 fully saturated rings. The molecular formula is C22H35NO5. The summed E-state index contributed by atoms with van der Waals surface area (Å²) in [4.78, 5) is 12.9. The third kappa shape index (κ3) is 5.69. The number of carbonyl (C=O) groups is 1. The molecule has 4 atom stereocenters. The SMILES string of the molecule is CC(C)[C@@H]1CC[C@@H](C)C[C@@]1(O)C(=O)NCCc1ccccc1OC[C@@H](O)CO. The molecule has 6 heteroatoms. The molecule has 0 bridgehead atoms. The number of benzene rings is 1. The average Bonchev–Trinajstić information content (AvgIpc) is 2.66. The van der Waals surface area contributed by atoms with Crippen molar-refractivity contribution in [2.75, 3.05) is 19.8 Å². The molecule has 158 valence electrons. The number of rotatable bonds is 9. The number of hydrogen-bond acceptors (Lipinski definition) is 5. The van der Waals surface area contributed by atoms with Crippen LogP contribution in [-0.4, -0.2) is 52.7 Å². The fourth-order valence-corrected chi connectivity index (χ4v) is 4.19. The van der Waals surface area contributed by atoms with Gasteiger partial charge >= 0.3 is 0 Å². The van der Waals surface area contributed by atoms with Crippen molar-refractivity contribution in [2.24, 2.45) is 17.8 Å². The van der Waals surface area contributed by atoms with Crippen LogP contribution in [-0.2, 0) is 11.2 Å². The Labute approximate surface area is 167 Å². The molecule has 1 aromatic rings. The molecule has 0 aliphatic heterocycles. The summed E-state index contributed by atoms with van der Waals surface area (Å²) in [5, 5.41) is 32.5. The van der Waals surface area contributed by atoms with Gasteiger partial charge in [-0.3, -0.25) is 4.79 Å². The maximum atomic E-state index is 12.9. The first-order chi connectivity index (χ1) is 13.3. The Morgan fingerprint density at radius 2 is 2.04 bits per heavy atom. The van der Waals surface area contributed by atoms with Gasteiger partial charge in [0.25, 0.3) is 5.91 Å². The number of nitrogens with one attached hydrogen (secondary N) is 1. The molecule has 4 N–H and O–H groups in total. The van der Waals surface area contributed by atoms with Crippen LogP contribution >= 0.6 is 0 Å². The Balaban J connectivity index is 1.96. The lowest BCUT2D eigenvalue weighted by molar-refractivity contribution is -0.155. The lowest BCUT2D eigenvalue weighted by atomic mass is 9.66. The summed E-state index contributed by atoms with van der Waals surface area (Å²) < 4.78 is 5.57. The summed E-state index contributed by atoms with van der Waals surface area (Å²) >= 11 is 0. The summed E-state index contributed by atoms with van der Waals surface area (Å²) in [5.74, 6) is 0.883. The molecule has 0 saturated heterocycles. The molecule has 0 heterocycles. The lowest BCUT2D eigenvalue weighted by Gasteiger charge is -2.43. The molecule has 0 spiro atoms. The van der Waals surface area contributed by atoms with E-state index in [2.05, 4.69) is 26.1 Å². The molecular weight excluding hydrogens is 358 g/mol. The van der Waals surface area contributed by atoms with Crippen LogP contribution in [0.5, 0.6) is 5.75 Å². The monoisotopic (exact) mass is 393 g/mol. The number of aliphatic hydroxyl groups is 3. The van der Waals surface area contributed by atoms with Crippen LogP contribution in [0.25, 0.3) is 0 Å². The summed E-state index contributed by atoms with van der Waals surface area (Å²) in [7, 11) is 0. The number of hydrogen-bond donors (Lipinski definition) is 4. The average molecular weight is 394 g/mol. The first-order valence-electron chi connectivity index (χ1n) is 10.3. The van der Waals surface area contributed by atoms with Gasteiger partial charge in [-0.15, -0.1) is 0 Å². The lowest BCUT2D eigenvalue weighted by Crippen LogP contribution is -2.56. The van der Waals surface area contributed by atoms with Crippen molar-refractivity contribution in [3.05, 3.63) is 29.8 Å². The first kappa shape index (κ1) is 22.7. The van der Waals surface area contributed by atoms with Crippen LogP contribution in [0.2, 0.25) is 0 Å². The maximum Gasteiger partial charge on any atom is 0.252 e. The molecule has 0 aromatic heterocycles. The molecule has 1 aliphatic carbocycles. The zero-order valence-corrected chi connectivity index (χ0v) is 17.2. The number of amides is 1. The second kappa shape index (κ2) is 10.2. The van der Waals surface area contributed by atoms with E-state index < -0.39 is 11.7 Å². The number of ether oxygens (including phenoxy) is 1. The normalized spacial score (nSPS) is 26.1. The van der Waals surface area contributed by atoms with Gasteiger partial charge in [-0.05, 0) is 48.6 Å². The highest BCUT2D eigenvalue weighted by Gasteiger charge is 2.48. The van der Waals surface area contributed by atoms with Gasteiger partial charge in [-0.1, -0.05) is 45.4 Å². The van der Waals surface area contributed by atoms with Gasteiger partial charge in [0, 0.05) is 6.54 Å². The van der Waals surface area contributed by atoms with Crippen molar-refractivity contribution in [1.82, 2.24) is 5.32 Å². The van der Waals surface area contributed by atoms with Gasteiger partial charge in [-0.2, -0.15) is 0 Å². The zero-order chi connectivity index (χ0) is 20.7. The minimum atomic E-state index is -1.31. The van der Waals surface area contributed by atoms with E-state index in [0.717, 1.165) is 18.4 Å². The molecule has 28 heavy (non-hydrogen) atoms. The molecule has 6 nitrogen and oxygen atoms in total. The summed E-state index contributed by atoms with van der Waals surface area (Å²) in [6.07, 6.45) is 2.04. The number of carbonyl (C=O) groups excluding carboxylic acids is 1. The van der Waals surface area contributed by atoms with Crippen molar-refractivity contribution in [3.63, 3.8) is 0 Å². The Bertz CT molecular complexity index is 635. The summed E-state index contributed by atoms with van der Waals surface area (Å²) in [5.41, 5.74) is -0.412. The molecule has 1 saturated carbocycles. The van der Waals surface area contributed by atoms with Crippen LogP contribution in [0.3, 0.4) is 0 Å². The van der Waals surface area contributed by atoms with Crippen molar-refractivity contribution in [2.45, 2.75) is 58.2 Å². The van der Waals surface area contributed by atoms with Crippen molar-refractivity contribution in [1.29, 1.82) is 0 Å². The van der Waals surface area contributed by atoms with Gasteiger partial charge in [0.1, 0.15) is 24.1 Å². The van der Waals surface area contributed by atoms with E-state index in [9.17, 15) is 15.0 Å². The topological polar surface area (TPSA) is 99.0 Å². The minimum Gasteiger partial charge on any atom is -0.491 e. The second-order valence-electron chi connectivity index (χ2n) is 8.42. The van der Waals surface area contributed by atoms with E-state index in [1.807, 2.05) is 18.2 Å². The van der Waals surface area contributed by atoms with E-state index in [1.54, 1.807) is 6.07 Å². The van der Waals surface area contributed by atoms with E-state index >= 15 is 0 Å². The van der Waals surface area contributed by atoms with Gasteiger partial charge in [-0.25, -0.2) is 0 Å². The van der Waals surface area contributed by atoms with Gasteiger partial charge < -0.3 is 25.4 Å². The molecule has 0 radical (unpaired) electrons. The summed E-state index contributed by atoms with van der Waals surface area (Å²) in [6, 6.07) is 7.42. The fraction of sp³-hybridized carbons (Fsp3) is 0.682. The highest BCUT2D eigenvalue weighted by atomic mass is 16.5. The maximum absolute atomic E-state index is 12.9. The van der Waals surface area contributed by atoms with Gasteiger partial charge in [0.05, 0.1) is 6.61 Å². The third-order valence-electron chi connectivity index (χ3n) is 5.74. The quantitative estimate of drug-likeness (QED) is 0.514. The van der Waals surface area contributed by atoms with E-state index in [-0.39, 0.29) is 31.0 Å². The fourth-order valence-electron chi connectivity index (χ4n) is 4.19. The van der Waals surface area contributed by atoms with Crippen LogP contribution in [0.4, 0.5) is 0 Å². The Hall–Kier alpha value is -1.63. The highest BCUT2D eigenvalue weighted by molar-refractivity contribution is 5.85. The third-order valence-corrected chi connectivity index (χ3v) is 5.74. The van der Waals surface area contributed by atoms with E-state index in [0.29, 0.717) is 31.1 Å². The first-order valence-corrected chi connectivity index (χ1v) is 10.3. The predicted octanol–water partition coefficient (Wildman–Crippen LogP) is 1.90. The molecule has 0 unspecified atom stereocenters. The Morgan fingerprint density at radius 3 is 2.71 bits per heavy atom. The van der Waals surface area contributed by atoms with Crippen molar-refractivity contribution < 1.29 is 24.9 Å². The highest BCUT2D eigenvalue weighted by Crippen LogP contribution is 2.41. The smallest absolute Gasteiger partial charge is 0.252 e. The molecule has 1 aliphatic rings. The van der Waals surface area contributed by atoms with Gasteiger partial charge in [0.2, 0.25) is 0 Å².